The average molecular weight is 438 g/mol. The molecule has 0 unspecified atom stereocenters. The molecule has 1 aromatic heterocycles. The fraction of sp³-hybridized carbons (Fsp3) is 0. The number of nitrogens with zero attached hydrogens (tertiary/aromatic N) is 1. The second kappa shape index (κ2) is 8.14. The number of carbonyl (C=O) groups is 1. The SMILES string of the molecule is O=C(/C=C/c1cccc(NS(=O)(=O)c2ccccc2Cl)c1)c1nc2ccccc2[nH]1. The third-order valence-electron chi connectivity index (χ3n) is 4.31. The molecule has 8 heteroatoms. The summed E-state index contributed by atoms with van der Waals surface area (Å²) >= 11 is 6.00. The fourth-order valence-corrected chi connectivity index (χ4v) is 4.47. The minimum atomic E-state index is -3.84. The number of rotatable bonds is 6. The van der Waals surface area contributed by atoms with Gasteiger partial charge in [0.15, 0.2) is 5.82 Å². The predicted molar refractivity (Wildman–Crippen MR) is 118 cm³/mol. The molecule has 0 amide bonds. The van der Waals surface area contributed by atoms with Gasteiger partial charge in [-0.15, -0.1) is 0 Å². The number of hydrogen-bond acceptors (Lipinski definition) is 4. The van der Waals surface area contributed by atoms with Crippen molar-refractivity contribution in [1.82, 2.24) is 9.97 Å². The topological polar surface area (TPSA) is 91.9 Å². The van der Waals surface area contributed by atoms with E-state index in [4.69, 9.17) is 11.6 Å². The van der Waals surface area contributed by atoms with Crippen LogP contribution in [0.25, 0.3) is 17.1 Å². The van der Waals surface area contributed by atoms with Crippen LogP contribution < -0.4 is 4.72 Å². The maximum atomic E-state index is 12.6. The Bertz CT molecular complexity index is 1340. The lowest BCUT2D eigenvalue weighted by atomic mass is 10.2. The van der Waals surface area contributed by atoms with Gasteiger partial charge in [0.2, 0.25) is 5.78 Å². The molecule has 0 aliphatic heterocycles. The summed E-state index contributed by atoms with van der Waals surface area (Å²) in [7, 11) is -3.84. The first-order valence-electron chi connectivity index (χ1n) is 8.97. The first-order valence-corrected chi connectivity index (χ1v) is 10.8. The van der Waals surface area contributed by atoms with Gasteiger partial charge < -0.3 is 4.98 Å². The molecular formula is C22H16ClN3O3S. The smallest absolute Gasteiger partial charge is 0.263 e. The van der Waals surface area contributed by atoms with Crippen molar-refractivity contribution in [3.8, 4) is 0 Å². The highest BCUT2D eigenvalue weighted by Gasteiger charge is 2.17. The Hall–Kier alpha value is -3.42. The van der Waals surface area contributed by atoms with Crippen LogP contribution in [-0.2, 0) is 10.0 Å². The number of H-pyrrole nitrogens is 1. The Morgan fingerprint density at radius 1 is 1.00 bits per heavy atom. The normalized spacial score (nSPS) is 11.8. The Morgan fingerprint density at radius 2 is 1.77 bits per heavy atom. The number of anilines is 1. The zero-order valence-corrected chi connectivity index (χ0v) is 17.1. The minimum absolute atomic E-state index is 0.00678. The molecule has 0 bridgehead atoms. The number of hydrogen-bond donors (Lipinski definition) is 2. The Balaban J connectivity index is 1.53. The number of aromatic nitrogens is 2. The van der Waals surface area contributed by atoms with Crippen molar-refractivity contribution >= 4 is 50.2 Å². The van der Waals surface area contributed by atoms with Crippen molar-refractivity contribution < 1.29 is 13.2 Å². The summed E-state index contributed by atoms with van der Waals surface area (Å²) in [4.78, 5) is 19.7. The van der Waals surface area contributed by atoms with Crippen LogP contribution in [0.5, 0.6) is 0 Å². The van der Waals surface area contributed by atoms with E-state index < -0.39 is 10.0 Å². The number of nitrogens with one attached hydrogen (secondary N) is 2. The van der Waals surface area contributed by atoms with Crippen LogP contribution >= 0.6 is 11.6 Å². The van der Waals surface area contributed by atoms with Crippen molar-refractivity contribution in [2.24, 2.45) is 0 Å². The monoisotopic (exact) mass is 437 g/mol. The van der Waals surface area contributed by atoms with Gasteiger partial charge in [0, 0.05) is 5.69 Å². The largest absolute Gasteiger partial charge is 0.335 e. The lowest BCUT2D eigenvalue weighted by Gasteiger charge is -2.09. The highest BCUT2D eigenvalue weighted by molar-refractivity contribution is 7.92. The standard InChI is InChI=1S/C22H16ClN3O3S/c23-17-8-1-4-11-21(17)30(28,29)26-16-7-5-6-15(14-16)12-13-20(27)22-24-18-9-2-3-10-19(18)25-22/h1-14,26H,(H,24,25)/b13-12+. The molecule has 4 aromatic rings. The molecule has 2 N–H and O–H groups in total. The lowest BCUT2D eigenvalue weighted by Crippen LogP contribution is -2.13. The minimum Gasteiger partial charge on any atom is -0.335 e. The number of sulfonamides is 1. The van der Waals surface area contributed by atoms with E-state index >= 15 is 0 Å². The molecule has 0 radical (unpaired) electrons. The Labute approximate surface area is 178 Å². The molecule has 30 heavy (non-hydrogen) atoms. The van der Waals surface area contributed by atoms with E-state index in [0.29, 0.717) is 16.8 Å². The van der Waals surface area contributed by atoms with E-state index in [9.17, 15) is 13.2 Å². The Kier molecular flexibility index (Phi) is 5.39. The van der Waals surface area contributed by atoms with Crippen LogP contribution in [0.3, 0.4) is 0 Å². The molecule has 4 rings (SSSR count). The molecule has 0 aliphatic rings. The van der Waals surface area contributed by atoms with Gasteiger partial charge in [-0.1, -0.05) is 54.1 Å². The summed E-state index contributed by atoms with van der Waals surface area (Å²) < 4.78 is 27.7. The van der Waals surface area contributed by atoms with Crippen molar-refractivity contribution in [3.63, 3.8) is 0 Å². The number of allylic oxidation sites excluding steroid dienone is 1. The molecule has 150 valence electrons. The summed E-state index contributed by atoms with van der Waals surface area (Å²) in [5, 5.41) is 0.137. The van der Waals surface area contributed by atoms with Crippen molar-refractivity contribution in [2.45, 2.75) is 4.90 Å². The first kappa shape index (κ1) is 19.9. The van der Waals surface area contributed by atoms with E-state index in [1.54, 1.807) is 42.5 Å². The fourth-order valence-electron chi connectivity index (χ4n) is 2.90. The van der Waals surface area contributed by atoms with Gasteiger partial charge in [-0.25, -0.2) is 13.4 Å². The number of carbonyl (C=O) groups excluding carboxylic acids is 1. The molecule has 0 saturated carbocycles. The maximum absolute atomic E-state index is 12.6. The average Bonchev–Trinajstić information content (AvgIpc) is 3.16. The highest BCUT2D eigenvalue weighted by Crippen LogP contribution is 2.24. The summed E-state index contributed by atoms with van der Waals surface area (Å²) in [6.45, 7) is 0. The van der Waals surface area contributed by atoms with Gasteiger partial charge in [0.25, 0.3) is 10.0 Å². The maximum Gasteiger partial charge on any atom is 0.263 e. The molecule has 0 fully saturated rings. The predicted octanol–water partition coefficient (Wildman–Crippen LogP) is 4.91. The lowest BCUT2D eigenvalue weighted by molar-refractivity contribution is 0.103. The zero-order valence-electron chi connectivity index (χ0n) is 15.5. The molecule has 0 saturated heterocycles. The quantitative estimate of drug-likeness (QED) is 0.331. The number of imidazole rings is 1. The van der Waals surface area contributed by atoms with Crippen LogP contribution in [0.4, 0.5) is 5.69 Å². The number of fused-ring (bicyclic) bond motifs is 1. The first-order chi connectivity index (χ1) is 14.4. The third-order valence-corrected chi connectivity index (χ3v) is 6.20. The van der Waals surface area contributed by atoms with Crippen molar-refractivity contribution in [1.29, 1.82) is 0 Å². The van der Waals surface area contributed by atoms with Crippen LogP contribution in [0.1, 0.15) is 16.2 Å². The van der Waals surface area contributed by atoms with Crippen molar-refractivity contribution in [3.05, 3.63) is 95.3 Å². The van der Waals surface area contributed by atoms with Gasteiger partial charge in [-0.2, -0.15) is 0 Å². The van der Waals surface area contributed by atoms with E-state index in [2.05, 4.69) is 14.7 Å². The van der Waals surface area contributed by atoms with E-state index in [1.807, 2.05) is 24.3 Å². The van der Waals surface area contributed by atoms with Gasteiger partial charge in [0.05, 0.1) is 16.1 Å². The Morgan fingerprint density at radius 3 is 2.57 bits per heavy atom. The van der Waals surface area contributed by atoms with Gasteiger partial charge in [0.1, 0.15) is 4.90 Å². The van der Waals surface area contributed by atoms with E-state index in [-0.39, 0.29) is 21.5 Å². The number of ketones is 1. The van der Waals surface area contributed by atoms with E-state index in [1.165, 1.54) is 18.2 Å². The molecule has 0 atom stereocenters. The van der Waals surface area contributed by atoms with Crippen LogP contribution in [0, 0.1) is 0 Å². The number of para-hydroxylation sites is 2. The second-order valence-electron chi connectivity index (χ2n) is 6.46. The third kappa shape index (κ3) is 4.27. The molecule has 0 spiro atoms. The van der Waals surface area contributed by atoms with Gasteiger partial charge >= 0.3 is 0 Å². The number of aromatic amines is 1. The van der Waals surface area contributed by atoms with Gasteiger partial charge in [-0.05, 0) is 48.0 Å². The summed E-state index contributed by atoms with van der Waals surface area (Å²) in [5.74, 6) is -0.0451. The molecule has 1 heterocycles. The molecular weight excluding hydrogens is 422 g/mol. The van der Waals surface area contributed by atoms with Gasteiger partial charge in [-0.3, -0.25) is 9.52 Å². The highest BCUT2D eigenvalue weighted by atomic mass is 35.5. The number of benzene rings is 3. The van der Waals surface area contributed by atoms with Crippen molar-refractivity contribution in [2.75, 3.05) is 4.72 Å². The van der Waals surface area contributed by atoms with E-state index in [0.717, 1.165) is 5.52 Å². The summed E-state index contributed by atoms with van der Waals surface area (Å²) in [6.07, 6.45) is 2.99. The van der Waals surface area contributed by atoms with Crippen LogP contribution in [0.2, 0.25) is 5.02 Å². The number of halogens is 1. The summed E-state index contributed by atoms with van der Waals surface area (Å²) in [6, 6.07) is 20.3. The molecule has 6 nitrogen and oxygen atoms in total. The van der Waals surface area contributed by atoms with Crippen LogP contribution in [0.15, 0.2) is 83.8 Å². The molecule has 0 aliphatic carbocycles. The zero-order chi connectivity index (χ0) is 21.1. The second-order valence-corrected chi connectivity index (χ2v) is 8.52. The van der Waals surface area contributed by atoms with Crippen LogP contribution in [-0.4, -0.2) is 24.2 Å². The summed E-state index contributed by atoms with van der Waals surface area (Å²) in [5.41, 5.74) is 2.50. The molecule has 3 aromatic carbocycles.